The quantitative estimate of drug-likeness (QED) is 0.296. The molecular weight excluding hydrogens is 387 g/mol. The molecule has 4 nitrogen and oxygen atoms in total. The average Bonchev–Trinajstić information content (AvgIpc) is 2.54. The zero-order valence-corrected chi connectivity index (χ0v) is 16.2. The Morgan fingerprint density at radius 3 is 2.36 bits per heavy atom. The molecular formula is C17H29IN4. The molecule has 2 N–H and O–H groups in total. The lowest BCUT2D eigenvalue weighted by molar-refractivity contribution is 0.219. The summed E-state index contributed by atoms with van der Waals surface area (Å²) in [6.45, 7) is 11.7. The fourth-order valence-electron chi connectivity index (χ4n) is 2.38. The highest BCUT2D eigenvalue weighted by Gasteiger charge is 2.17. The topological polar surface area (TPSA) is 39.7 Å². The van der Waals surface area contributed by atoms with Crippen molar-refractivity contribution in [2.45, 2.75) is 19.9 Å². The number of benzene rings is 1. The molecule has 0 aliphatic heterocycles. The fraction of sp³-hybridized carbons (Fsp3) is 0.471. The minimum atomic E-state index is 0. The van der Waals surface area contributed by atoms with Crippen LogP contribution in [0.25, 0.3) is 0 Å². The Balaban J connectivity index is 0.00000441. The summed E-state index contributed by atoms with van der Waals surface area (Å²) in [7, 11) is 1.79. The number of hydrogen-bond donors (Lipinski definition) is 2. The van der Waals surface area contributed by atoms with Gasteiger partial charge in [0.05, 0.1) is 6.04 Å². The molecule has 0 fully saturated rings. The van der Waals surface area contributed by atoms with Gasteiger partial charge in [-0.1, -0.05) is 50.3 Å². The fourth-order valence-corrected chi connectivity index (χ4v) is 2.38. The number of hydrogen-bond acceptors (Lipinski definition) is 2. The first-order chi connectivity index (χ1) is 10.3. The molecule has 0 saturated heterocycles. The van der Waals surface area contributed by atoms with Crippen LogP contribution >= 0.6 is 24.0 Å². The highest BCUT2D eigenvalue weighted by molar-refractivity contribution is 14.0. The van der Waals surface area contributed by atoms with Crippen LogP contribution in [0.1, 0.15) is 25.5 Å². The van der Waals surface area contributed by atoms with Crippen LogP contribution in [0, 0.1) is 0 Å². The molecule has 0 radical (unpaired) electrons. The highest BCUT2D eigenvalue weighted by Crippen LogP contribution is 2.19. The zero-order chi connectivity index (χ0) is 15.5. The summed E-state index contributed by atoms with van der Waals surface area (Å²) in [5.41, 5.74) is 1.33. The van der Waals surface area contributed by atoms with Gasteiger partial charge in [0.15, 0.2) is 5.96 Å². The third kappa shape index (κ3) is 6.79. The second-order valence-corrected chi connectivity index (χ2v) is 4.77. The Kier molecular flexibility index (Phi) is 11.9. The van der Waals surface area contributed by atoms with E-state index in [1.54, 1.807) is 7.05 Å². The predicted molar refractivity (Wildman–Crippen MR) is 107 cm³/mol. The van der Waals surface area contributed by atoms with Crippen LogP contribution in [-0.2, 0) is 0 Å². The Hall–Kier alpha value is -1.08. The van der Waals surface area contributed by atoms with E-state index in [-0.39, 0.29) is 24.0 Å². The lowest BCUT2D eigenvalue weighted by Crippen LogP contribution is -2.43. The molecule has 1 unspecified atom stereocenters. The minimum Gasteiger partial charge on any atom is -0.354 e. The van der Waals surface area contributed by atoms with Crippen LogP contribution in [0.5, 0.6) is 0 Å². The van der Waals surface area contributed by atoms with E-state index in [1.165, 1.54) is 5.56 Å². The number of aliphatic imine (C=N–C) groups is 1. The number of likely N-dealkylation sites (N-methyl/N-ethyl adjacent to an activating group) is 1. The lowest BCUT2D eigenvalue weighted by atomic mass is 10.1. The summed E-state index contributed by atoms with van der Waals surface area (Å²) < 4.78 is 0. The monoisotopic (exact) mass is 416 g/mol. The molecule has 22 heavy (non-hydrogen) atoms. The summed E-state index contributed by atoms with van der Waals surface area (Å²) in [6.07, 6.45) is 1.83. The van der Waals surface area contributed by atoms with E-state index in [2.05, 4.69) is 71.3 Å². The van der Waals surface area contributed by atoms with Gasteiger partial charge < -0.3 is 10.6 Å². The van der Waals surface area contributed by atoms with Gasteiger partial charge in [-0.2, -0.15) is 0 Å². The maximum absolute atomic E-state index is 4.23. The predicted octanol–water partition coefficient (Wildman–Crippen LogP) is 3.04. The molecule has 5 heteroatoms. The number of nitrogens with one attached hydrogen (secondary N) is 2. The van der Waals surface area contributed by atoms with Crippen molar-refractivity contribution in [2.24, 2.45) is 4.99 Å². The van der Waals surface area contributed by atoms with Gasteiger partial charge in [0, 0.05) is 20.1 Å². The average molecular weight is 416 g/mol. The van der Waals surface area contributed by atoms with Gasteiger partial charge in [-0.05, 0) is 18.7 Å². The van der Waals surface area contributed by atoms with Crippen molar-refractivity contribution in [3.8, 4) is 0 Å². The first-order valence-electron chi connectivity index (χ1n) is 7.61. The van der Waals surface area contributed by atoms with E-state index < -0.39 is 0 Å². The Morgan fingerprint density at radius 1 is 1.23 bits per heavy atom. The lowest BCUT2D eigenvalue weighted by Gasteiger charge is -2.30. The number of halogens is 1. The molecule has 0 heterocycles. The number of rotatable bonds is 8. The number of nitrogens with zero attached hydrogens (tertiary/aromatic N) is 2. The maximum Gasteiger partial charge on any atom is 0.191 e. The van der Waals surface area contributed by atoms with Crippen molar-refractivity contribution in [3.63, 3.8) is 0 Å². The van der Waals surface area contributed by atoms with E-state index in [4.69, 9.17) is 0 Å². The summed E-state index contributed by atoms with van der Waals surface area (Å²) in [4.78, 5) is 6.68. The molecule has 0 saturated carbocycles. The van der Waals surface area contributed by atoms with E-state index >= 15 is 0 Å². The largest absolute Gasteiger partial charge is 0.354 e. The van der Waals surface area contributed by atoms with E-state index in [0.29, 0.717) is 12.6 Å². The van der Waals surface area contributed by atoms with E-state index in [0.717, 1.165) is 25.6 Å². The molecule has 1 rings (SSSR count). The van der Waals surface area contributed by atoms with Crippen LogP contribution in [-0.4, -0.2) is 44.1 Å². The molecule has 1 aromatic rings. The Labute approximate surface area is 152 Å². The molecule has 0 amide bonds. The maximum atomic E-state index is 4.23. The molecule has 0 bridgehead atoms. The van der Waals surface area contributed by atoms with Gasteiger partial charge in [0.1, 0.15) is 0 Å². The van der Waals surface area contributed by atoms with Crippen LogP contribution in [0.15, 0.2) is 48.0 Å². The summed E-state index contributed by atoms with van der Waals surface area (Å²) in [5, 5.41) is 6.60. The van der Waals surface area contributed by atoms with Crippen LogP contribution in [0.3, 0.4) is 0 Å². The SMILES string of the molecule is C=CCNC(=NC)NCC(c1ccccc1)N(CC)CC.I. The molecule has 0 aromatic heterocycles. The molecule has 0 spiro atoms. The van der Waals surface area contributed by atoms with Crippen molar-refractivity contribution < 1.29 is 0 Å². The van der Waals surface area contributed by atoms with Gasteiger partial charge >= 0.3 is 0 Å². The first-order valence-corrected chi connectivity index (χ1v) is 7.61. The van der Waals surface area contributed by atoms with Crippen LogP contribution in [0.2, 0.25) is 0 Å². The summed E-state index contributed by atoms with van der Waals surface area (Å²) in [5.74, 6) is 0.808. The van der Waals surface area contributed by atoms with Gasteiger partial charge in [-0.25, -0.2) is 0 Å². The Bertz CT molecular complexity index is 430. The van der Waals surface area contributed by atoms with Gasteiger partial charge in [-0.3, -0.25) is 9.89 Å². The molecule has 124 valence electrons. The van der Waals surface area contributed by atoms with Crippen molar-refractivity contribution in [2.75, 3.05) is 33.2 Å². The molecule has 1 aromatic carbocycles. The summed E-state index contributed by atoms with van der Waals surface area (Å²) >= 11 is 0. The normalized spacial score (nSPS) is 12.5. The Morgan fingerprint density at radius 2 is 1.86 bits per heavy atom. The third-order valence-corrected chi connectivity index (χ3v) is 3.54. The third-order valence-electron chi connectivity index (χ3n) is 3.54. The van der Waals surface area contributed by atoms with Crippen molar-refractivity contribution >= 4 is 29.9 Å². The van der Waals surface area contributed by atoms with Crippen molar-refractivity contribution in [1.82, 2.24) is 15.5 Å². The summed E-state index contributed by atoms with van der Waals surface area (Å²) in [6, 6.07) is 11.0. The first kappa shape index (κ1) is 20.9. The van der Waals surface area contributed by atoms with E-state index in [1.807, 2.05) is 6.08 Å². The second kappa shape index (κ2) is 12.5. The van der Waals surface area contributed by atoms with Crippen LogP contribution in [0.4, 0.5) is 0 Å². The molecule has 0 aliphatic carbocycles. The molecule has 0 aliphatic rings. The van der Waals surface area contributed by atoms with Crippen LogP contribution < -0.4 is 10.6 Å². The smallest absolute Gasteiger partial charge is 0.191 e. The van der Waals surface area contributed by atoms with Crippen molar-refractivity contribution in [3.05, 3.63) is 48.6 Å². The van der Waals surface area contributed by atoms with Gasteiger partial charge in [0.25, 0.3) is 0 Å². The number of guanidine groups is 1. The zero-order valence-electron chi connectivity index (χ0n) is 13.9. The molecule has 1 atom stereocenters. The van der Waals surface area contributed by atoms with Gasteiger partial charge in [-0.15, -0.1) is 30.6 Å². The standard InChI is InChI=1S/C17H28N4.HI/c1-5-13-19-17(18-4)20-14-16(21(6-2)7-3)15-11-9-8-10-12-15;/h5,8-12,16H,1,6-7,13-14H2,2-4H3,(H2,18,19,20);1H. The van der Waals surface area contributed by atoms with Gasteiger partial charge in [0.2, 0.25) is 0 Å². The van der Waals surface area contributed by atoms with E-state index in [9.17, 15) is 0 Å². The van der Waals surface area contributed by atoms with Crippen molar-refractivity contribution in [1.29, 1.82) is 0 Å². The minimum absolute atomic E-state index is 0. The highest BCUT2D eigenvalue weighted by atomic mass is 127. The second-order valence-electron chi connectivity index (χ2n) is 4.77.